The van der Waals surface area contributed by atoms with Crippen LogP contribution in [0.4, 0.5) is 0 Å². The Balaban J connectivity index is 1.98. The van der Waals surface area contributed by atoms with E-state index in [1.165, 1.54) is 6.21 Å². The Morgan fingerprint density at radius 2 is 2.14 bits per heavy atom. The summed E-state index contributed by atoms with van der Waals surface area (Å²) in [6.07, 6.45) is 1.07. The number of carbonyl (C=O) groups is 1. The van der Waals surface area contributed by atoms with Crippen LogP contribution in [0.3, 0.4) is 0 Å². The highest BCUT2D eigenvalue weighted by atomic mass is 35.5. The molecule has 108 valence electrons. The molecule has 0 unspecified atom stereocenters. The second kappa shape index (κ2) is 6.62. The standard InChI is InChI=1S/C12H10ClN5O3/c13-8-4-2-1-3-7(8)6-14-17-10(19)5-9-11(20)15-12(21)18-16-9/h1-4,6H,5H2,(H,17,19)(H2,15,18,20,21). The molecule has 0 bridgehead atoms. The zero-order valence-corrected chi connectivity index (χ0v) is 11.3. The van der Waals surface area contributed by atoms with E-state index in [4.69, 9.17) is 11.6 Å². The number of hydrogen-bond acceptors (Lipinski definition) is 5. The van der Waals surface area contributed by atoms with E-state index < -0.39 is 17.2 Å². The molecule has 2 rings (SSSR count). The lowest BCUT2D eigenvalue weighted by Crippen LogP contribution is -2.31. The third kappa shape index (κ3) is 4.11. The predicted octanol–water partition coefficient (Wildman–Crippen LogP) is -0.196. The Hall–Kier alpha value is -2.74. The highest BCUT2D eigenvalue weighted by molar-refractivity contribution is 6.33. The van der Waals surface area contributed by atoms with Crippen LogP contribution in [0.15, 0.2) is 39.0 Å². The Morgan fingerprint density at radius 3 is 2.86 bits per heavy atom. The van der Waals surface area contributed by atoms with Crippen LogP contribution in [-0.4, -0.2) is 27.3 Å². The maximum atomic E-state index is 11.6. The summed E-state index contributed by atoms with van der Waals surface area (Å²) in [5.41, 5.74) is 1.31. The first kappa shape index (κ1) is 14.7. The molecule has 8 nitrogen and oxygen atoms in total. The van der Waals surface area contributed by atoms with Gasteiger partial charge in [0.05, 0.1) is 12.6 Å². The smallest absolute Gasteiger partial charge is 0.273 e. The molecule has 1 heterocycles. The minimum absolute atomic E-state index is 0.111. The van der Waals surface area contributed by atoms with Crippen LogP contribution < -0.4 is 16.7 Å². The maximum Gasteiger partial charge on any atom is 0.342 e. The van der Waals surface area contributed by atoms with Gasteiger partial charge in [-0.15, -0.1) is 0 Å². The molecule has 0 aliphatic heterocycles. The zero-order chi connectivity index (χ0) is 15.2. The molecule has 3 N–H and O–H groups in total. The summed E-state index contributed by atoms with van der Waals surface area (Å²) >= 11 is 5.91. The lowest BCUT2D eigenvalue weighted by molar-refractivity contribution is -0.120. The SMILES string of the molecule is O=C(Cc1n[nH]c(=O)[nH]c1=O)NN=Cc1ccccc1Cl. The molecule has 0 atom stereocenters. The van der Waals surface area contributed by atoms with Gasteiger partial charge in [-0.3, -0.25) is 14.6 Å². The quantitative estimate of drug-likeness (QED) is 0.535. The number of rotatable bonds is 4. The number of hydrazone groups is 1. The van der Waals surface area contributed by atoms with E-state index in [2.05, 4.69) is 15.6 Å². The number of H-pyrrole nitrogens is 2. The minimum Gasteiger partial charge on any atom is -0.273 e. The lowest BCUT2D eigenvalue weighted by atomic mass is 10.2. The van der Waals surface area contributed by atoms with Gasteiger partial charge in [-0.25, -0.2) is 15.3 Å². The molecule has 0 radical (unpaired) electrons. The van der Waals surface area contributed by atoms with Crippen LogP contribution in [0.1, 0.15) is 11.3 Å². The third-order valence-electron chi connectivity index (χ3n) is 2.41. The fourth-order valence-electron chi connectivity index (χ4n) is 1.44. The Labute approximate surface area is 122 Å². The average Bonchev–Trinajstić information content (AvgIpc) is 2.44. The molecule has 0 spiro atoms. The molecule has 0 aliphatic carbocycles. The van der Waals surface area contributed by atoms with E-state index in [0.29, 0.717) is 10.6 Å². The van der Waals surface area contributed by atoms with Crippen molar-refractivity contribution in [3.05, 3.63) is 61.4 Å². The Morgan fingerprint density at radius 1 is 1.38 bits per heavy atom. The molecule has 0 aliphatic rings. The summed E-state index contributed by atoms with van der Waals surface area (Å²) < 4.78 is 0. The van der Waals surface area contributed by atoms with Crippen molar-refractivity contribution >= 4 is 23.7 Å². The first-order valence-corrected chi connectivity index (χ1v) is 6.18. The second-order valence-corrected chi connectivity index (χ2v) is 4.35. The maximum absolute atomic E-state index is 11.6. The summed E-state index contributed by atoms with van der Waals surface area (Å²) in [4.78, 5) is 35.7. The number of hydrogen-bond donors (Lipinski definition) is 3. The van der Waals surface area contributed by atoms with Crippen LogP contribution in [0, 0.1) is 0 Å². The van der Waals surface area contributed by atoms with Crippen LogP contribution in [-0.2, 0) is 11.2 Å². The number of nitrogens with zero attached hydrogens (tertiary/aromatic N) is 2. The van der Waals surface area contributed by atoms with Crippen molar-refractivity contribution in [2.45, 2.75) is 6.42 Å². The van der Waals surface area contributed by atoms with Crippen molar-refractivity contribution < 1.29 is 4.79 Å². The molecule has 21 heavy (non-hydrogen) atoms. The summed E-state index contributed by atoms with van der Waals surface area (Å²) in [7, 11) is 0. The van der Waals surface area contributed by atoms with Gasteiger partial charge < -0.3 is 0 Å². The molecule has 0 fully saturated rings. The van der Waals surface area contributed by atoms with Crippen molar-refractivity contribution in [3.8, 4) is 0 Å². The highest BCUT2D eigenvalue weighted by Crippen LogP contribution is 2.11. The largest absolute Gasteiger partial charge is 0.342 e. The molecule has 1 amide bonds. The number of halogens is 1. The van der Waals surface area contributed by atoms with Gasteiger partial charge in [0.2, 0.25) is 5.91 Å². The molecule has 1 aromatic carbocycles. The third-order valence-corrected chi connectivity index (χ3v) is 2.75. The van der Waals surface area contributed by atoms with Crippen LogP contribution in [0.5, 0.6) is 0 Å². The summed E-state index contributed by atoms with van der Waals surface area (Å²) in [6, 6.07) is 6.96. The van der Waals surface area contributed by atoms with E-state index in [-0.39, 0.29) is 12.1 Å². The first-order chi connectivity index (χ1) is 10.1. The van der Waals surface area contributed by atoms with Crippen molar-refractivity contribution in [1.82, 2.24) is 20.6 Å². The number of aromatic nitrogens is 3. The van der Waals surface area contributed by atoms with E-state index in [9.17, 15) is 14.4 Å². The van der Waals surface area contributed by atoms with Gasteiger partial charge in [0.25, 0.3) is 5.56 Å². The number of amides is 1. The summed E-state index contributed by atoms with van der Waals surface area (Å²) in [5, 5.41) is 9.74. The van der Waals surface area contributed by atoms with Crippen LogP contribution in [0.2, 0.25) is 5.02 Å². The number of benzene rings is 1. The molecule has 0 saturated heterocycles. The van der Waals surface area contributed by atoms with Gasteiger partial charge in [-0.2, -0.15) is 10.2 Å². The van der Waals surface area contributed by atoms with Gasteiger partial charge in [0, 0.05) is 10.6 Å². The van der Waals surface area contributed by atoms with Crippen molar-refractivity contribution in [2.75, 3.05) is 0 Å². The van der Waals surface area contributed by atoms with Gasteiger partial charge in [0.1, 0.15) is 5.69 Å². The van der Waals surface area contributed by atoms with Crippen LogP contribution >= 0.6 is 11.6 Å². The molecular formula is C12H10ClN5O3. The second-order valence-electron chi connectivity index (χ2n) is 3.95. The van der Waals surface area contributed by atoms with Gasteiger partial charge in [-0.1, -0.05) is 29.8 Å². The normalized spacial score (nSPS) is 10.7. The first-order valence-electron chi connectivity index (χ1n) is 5.80. The highest BCUT2D eigenvalue weighted by Gasteiger charge is 2.08. The lowest BCUT2D eigenvalue weighted by Gasteiger charge is -1.99. The number of aromatic amines is 2. The Kier molecular flexibility index (Phi) is 4.62. The van der Waals surface area contributed by atoms with Crippen LogP contribution in [0.25, 0.3) is 0 Å². The predicted molar refractivity (Wildman–Crippen MR) is 76.4 cm³/mol. The van der Waals surface area contributed by atoms with Gasteiger partial charge >= 0.3 is 5.69 Å². The molecule has 0 saturated carbocycles. The van der Waals surface area contributed by atoms with Gasteiger partial charge in [0.15, 0.2) is 0 Å². The number of nitrogens with one attached hydrogen (secondary N) is 3. The van der Waals surface area contributed by atoms with E-state index in [1.54, 1.807) is 24.3 Å². The minimum atomic E-state index is -0.735. The molecule has 2 aromatic rings. The topological polar surface area (TPSA) is 120 Å². The zero-order valence-electron chi connectivity index (χ0n) is 10.6. The Bertz CT molecular complexity index is 796. The molecular weight excluding hydrogens is 298 g/mol. The fourth-order valence-corrected chi connectivity index (χ4v) is 1.62. The average molecular weight is 308 g/mol. The van der Waals surface area contributed by atoms with E-state index in [0.717, 1.165) is 0 Å². The van der Waals surface area contributed by atoms with Crippen molar-refractivity contribution in [2.24, 2.45) is 5.10 Å². The molecule has 1 aromatic heterocycles. The summed E-state index contributed by atoms with van der Waals surface area (Å²) in [6.45, 7) is 0. The van der Waals surface area contributed by atoms with E-state index in [1.807, 2.05) is 10.1 Å². The number of carbonyl (C=O) groups excluding carboxylic acids is 1. The van der Waals surface area contributed by atoms with E-state index >= 15 is 0 Å². The van der Waals surface area contributed by atoms with Crippen molar-refractivity contribution in [1.29, 1.82) is 0 Å². The summed E-state index contributed by atoms with van der Waals surface area (Å²) in [5.74, 6) is -0.552. The van der Waals surface area contributed by atoms with Gasteiger partial charge in [-0.05, 0) is 6.07 Å². The molecule has 9 heteroatoms. The van der Waals surface area contributed by atoms with Crippen molar-refractivity contribution in [3.63, 3.8) is 0 Å². The fraction of sp³-hybridized carbons (Fsp3) is 0.0833. The monoisotopic (exact) mass is 307 g/mol.